The summed E-state index contributed by atoms with van der Waals surface area (Å²) in [5, 5.41) is 4.73. The first kappa shape index (κ1) is 31.5. The number of rotatable bonds is 4. The molecule has 0 saturated carbocycles. The normalized spacial score (nSPS) is 13.4. The predicted molar refractivity (Wildman–Crippen MR) is 233 cm³/mol. The molecule has 0 fully saturated rings. The minimum absolute atomic E-state index is 0.446. The Hall–Kier alpha value is -6.81. The monoisotopic (exact) mass is 731 g/mol. The quantitative estimate of drug-likeness (QED) is 0.179. The highest BCUT2D eigenvalue weighted by Gasteiger charge is 2.50. The SMILES string of the molecule is c1ccc(N(c2ccc(-c3c4c(cc5ccccc35)C3(c5ccccc5S4)c4ccccc4-c4ccccc43)cc2)c2cccc3c2oc2ccccc23)cc1. The van der Waals surface area contributed by atoms with Gasteiger partial charge in [-0.05, 0) is 98.2 Å². The molecule has 3 heteroatoms. The lowest BCUT2D eigenvalue weighted by Crippen LogP contribution is -2.32. The van der Waals surface area contributed by atoms with Crippen molar-refractivity contribution < 1.29 is 4.42 Å². The van der Waals surface area contributed by atoms with Gasteiger partial charge in [-0.25, -0.2) is 0 Å². The molecule has 0 atom stereocenters. The number of furan rings is 1. The Morgan fingerprint density at radius 1 is 0.446 bits per heavy atom. The largest absolute Gasteiger partial charge is 0.454 e. The second-order valence-electron chi connectivity index (χ2n) is 14.8. The van der Waals surface area contributed by atoms with Gasteiger partial charge < -0.3 is 9.32 Å². The third kappa shape index (κ3) is 4.35. The number of nitrogens with zero attached hydrogens (tertiary/aromatic N) is 1. The van der Waals surface area contributed by atoms with Crippen LogP contribution in [0.4, 0.5) is 17.1 Å². The van der Waals surface area contributed by atoms with Crippen LogP contribution < -0.4 is 4.90 Å². The van der Waals surface area contributed by atoms with Crippen LogP contribution in [0, 0.1) is 0 Å². The second-order valence-corrected chi connectivity index (χ2v) is 15.8. The van der Waals surface area contributed by atoms with Gasteiger partial charge in [0.2, 0.25) is 0 Å². The smallest absolute Gasteiger partial charge is 0.159 e. The van der Waals surface area contributed by atoms with Gasteiger partial charge in [0.1, 0.15) is 5.58 Å². The third-order valence-corrected chi connectivity index (χ3v) is 13.1. The maximum Gasteiger partial charge on any atom is 0.159 e. The molecule has 0 amide bonds. The maximum atomic E-state index is 6.59. The fourth-order valence-corrected chi connectivity index (χ4v) is 11.0. The molecule has 1 aliphatic heterocycles. The molecule has 56 heavy (non-hydrogen) atoms. The van der Waals surface area contributed by atoms with Gasteiger partial charge in [0.15, 0.2) is 5.58 Å². The average molecular weight is 732 g/mol. The van der Waals surface area contributed by atoms with E-state index in [1.165, 1.54) is 65.1 Å². The molecule has 2 heterocycles. The number of hydrogen-bond acceptors (Lipinski definition) is 3. The van der Waals surface area contributed by atoms with Gasteiger partial charge in [-0.1, -0.05) is 163 Å². The molecule has 1 spiro atoms. The van der Waals surface area contributed by atoms with Crippen molar-refractivity contribution in [1.82, 2.24) is 0 Å². The summed E-state index contributed by atoms with van der Waals surface area (Å²) in [5.74, 6) is 0. The molecule has 12 rings (SSSR count). The van der Waals surface area contributed by atoms with E-state index in [0.717, 1.165) is 39.0 Å². The number of para-hydroxylation sites is 3. The van der Waals surface area contributed by atoms with E-state index in [-0.39, 0.29) is 0 Å². The van der Waals surface area contributed by atoms with Gasteiger partial charge in [-0.2, -0.15) is 0 Å². The Bertz CT molecular complexity index is 3130. The first-order valence-electron chi connectivity index (χ1n) is 19.2. The molecule has 2 nitrogen and oxygen atoms in total. The Kier molecular flexibility index (Phi) is 6.81. The molecule has 1 aliphatic carbocycles. The van der Waals surface area contributed by atoms with Crippen LogP contribution in [-0.4, -0.2) is 0 Å². The molecule has 262 valence electrons. The Morgan fingerprint density at radius 2 is 1.05 bits per heavy atom. The molecule has 0 radical (unpaired) electrons. The van der Waals surface area contributed by atoms with E-state index in [4.69, 9.17) is 4.42 Å². The Labute approximate surface area is 329 Å². The van der Waals surface area contributed by atoms with Crippen LogP contribution in [0.2, 0.25) is 0 Å². The molecule has 0 saturated heterocycles. The van der Waals surface area contributed by atoms with Crippen molar-refractivity contribution in [3.63, 3.8) is 0 Å². The fourth-order valence-electron chi connectivity index (χ4n) is 9.63. The molecule has 1 aromatic heterocycles. The number of benzene rings is 9. The van der Waals surface area contributed by atoms with Crippen LogP contribution in [0.5, 0.6) is 0 Å². The van der Waals surface area contributed by atoms with Crippen LogP contribution in [0.1, 0.15) is 22.3 Å². The van der Waals surface area contributed by atoms with Crippen molar-refractivity contribution in [2.24, 2.45) is 0 Å². The topological polar surface area (TPSA) is 16.4 Å². The van der Waals surface area contributed by atoms with Gasteiger partial charge in [0.25, 0.3) is 0 Å². The minimum atomic E-state index is -0.446. The van der Waals surface area contributed by atoms with Crippen LogP contribution in [0.25, 0.3) is 55.0 Å². The highest BCUT2D eigenvalue weighted by atomic mass is 32.2. The van der Waals surface area contributed by atoms with Crippen molar-refractivity contribution in [3.05, 3.63) is 222 Å². The highest BCUT2D eigenvalue weighted by Crippen LogP contribution is 2.64. The summed E-state index contributed by atoms with van der Waals surface area (Å²) in [7, 11) is 0. The van der Waals surface area contributed by atoms with E-state index >= 15 is 0 Å². The Balaban J connectivity index is 1.10. The summed E-state index contributed by atoms with van der Waals surface area (Å²) < 4.78 is 6.59. The van der Waals surface area contributed by atoms with Crippen molar-refractivity contribution in [2.75, 3.05) is 4.90 Å². The van der Waals surface area contributed by atoms with Crippen LogP contribution in [0.15, 0.2) is 214 Å². The first-order valence-corrected chi connectivity index (χ1v) is 20.0. The summed E-state index contributed by atoms with van der Waals surface area (Å²) in [6.45, 7) is 0. The number of anilines is 3. The standard InChI is InChI=1S/C53H33NOS/c1-2-16-36(17-3-1)54(47-26-14-22-42-41-21-8-12-27-48(41)55-51(42)47)37-31-29-34(30-32-37)50-38-18-5-4-15-35(38)33-46-52(50)56-49-28-13-11-25-45(49)53(46)43-23-9-6-19-39(43)40-20-7-10-24-44(40)53/h1-33H. The van der Waals surface area contributed by atoms with Gasteiger partial charge >= 0.3 is 0 Å². The van der Waals surface area contributed by atoms with E-state index in [9.17, 15) is 0 Å². The lowest BCUT2D eigenvalue weighted by molar-refractivity contribution is 0.669. The van der Waals surface area contributed by atoms with E-state index < -0.39 is 5.41 Å². The zero-order valence-electron chi connectivity index (χ0n) is 30.3. The molecule has 0 unspecified atom stereocenters. The summed E-state index contributed by atoms with van der Waals surface area (Å²) in [5.41, 5.74) is 15.0. The molecule has 10 aromatic rings. The van der Waals surface area contributed by atoms with Crippen molar-refractivity contribution in [2.45, 2.75) is 15.2 Å². The van der Waals surface area contributed by atoms with Crippen LogP contribution in [-0.2, 0) is 5.41 Å². The zero-order valence-corrected chi connectivity index (χ0v) is 31.1. The first-order chi connectivity index (χ1) is 27.8. The summed E-state index contributed by atoms with van der Waals surface area (Å²) in [6, 6.07) is 73.1. The molecule has 0 bridgehead atoms. The lowest BCUT2D eigenvalue weighted by Gasteiger charge is -2.40. The molecular formula is C53H33NOS. The van der Waals surface area contributed by atoms with E-state index in [1.807, 2.05) is 17.8 Å². The van der Waals surface area contributed by atoms with Crippen LogP contribution >= 0.6 is 11.8 Å². The van der Waals surface area contributed by atoms with Crippen molar-refractivity contribution in [1.29, 1.82) is 0 Å². The van der Waals surface area contributed by atoms with E-state index in [0.29, 0.717) is 0 Å². The molecule has 9 aromatic carbocycles. The lowest BCUT2D eigenvalue weighted by atomic mass is 9.66. The van der Waals surface area contributed by atoms with Gasteiger partial charge in [-0.15, -0.1) is 0 Å². The van der Waals surface area contributed by atoms with Crippen molar-refractivity contribution >= 4 is 61.5 Å². The summed E-state index contributed by atoms with van der Waals surface area (Å²) in [6.07, 6.45) is 0. The molecular weight excluding hydrogens is 699 g/mol. The predicted octanol–water partition coefficient (Wildman–Crippen LogP) is 14.7. The Morgan fingerprint density at radius 3 is 1.84 bits per heavy atom. The minimum Gasteiger partial charge on any atom is -0.454 e. The summed E-state index contributed by atoms with van der Waals surface area (Å²) >= 11 is 1.91. The number of fused-ring (bicyclic) bond motifs is 13. The van der Waals surface area contributed by atoms with E-state index in [1.54, 1.807) is 0 Å². The van der Waals surface area contributed by atoms with Crippen LogP contribution in [0.3, 0.4) is 0 Å². The average Bonchev–Trinajstić information content (AvgIpc) is 3.79. The zero-order chi connectivity index (χ0) is 36.8. The maximum absolute atomic E-state index is 6.59. The van der Waals surface area contributed by atoms with Gasteiger partial charge in [0, 0.05) is 37.5 Å². The molecule has 2 aliphatic rings. The van der Waals surface area contributed by atoms with Gasteiger partial charge in [0.05, 0.1) is 11.1 Å². The third-order valence-electron chi connectivity index (χ3n) is 11.9. The molecule has 0 N–H and O–H groups in total. The summed E-state index contributed by atoms with van der Waals surface area (Å²) in [4.78, 5) is 4.93. The van der Waals surface area contributed by atoms with Gasteiger partial charge in [-0.3, -0.25) is 0 Å². The number of hydrogen-bond donors (Lipinski definition) is 0. The second kappa shape index (κ2) is 12.1. The van der Waals surface area contributed by atoms with Crippen molar-refractivity contribution in [3.8, 4) is 22.3 Å². The van der Waals surface area contributed by atoms with E-state index in [2.05, 4.69) is 199 Å². The highest BCUT2D eigenvalue weighted by molar-refractivity contribution is 7.99. The fraction of sp³-hybridized carbons (Fsp3) is 0.0189.